The molecule has 19 heavy (non-hydrogen) atoms. The zero-order valence-corrected chi connectivity index (χ0v) is 13.0. The molecule has 102 valence electrons. The van der Waals surface area contributed by atoms with Crippen LogP contribution in [0.15, 0.2) is 45.7 Å². The second-order valence-electron chi connectivity index (χ2n) is 4.90. The van der Waals surface area contributed by atoms with Gasteiger partial charge in [0.1, 0.15) is 0 Å². The Balaban J connectivity index is 2.20. The molecular formula is C16H20BrNO. The zero-order valence-electron chi connectivity index (χ0n) is 11.4. The second kappa shape index (κ2) is 6.92. The quantitative estimate of drug-likeness (QED) is 0.838. The van der Waals surface area contributed by atoms with Crippen LogP contribution in [0.3, 0.4) is 0 Å². The van der Waals surface area contributed by atoms with E-state index in [-0.39, 0.29) is 0 Å². The molecule has 0 fully saturated rings. The standard InChI is InChI=1S/C16H20BrNO/c1-3-5-18-16(9-13-4-6-19-11-13)14-7-12(2)8-15(17)10-14/h4,6-8,10-11,16,18H,3,5,9H2,1-2H3. The number of halogens is 1. The van der Waals surface area contributed by atoms with Gasteiger partial charge in [-0.15, -0.1) is 0 Å². The Kier molecular flexibility index (Phi) is 5.23. The molecule has 1 aromatic carbocycles. The maximum absolute atomic E-state index is 5.17. The van der Waals surface area contributed by atoms with Crippen molar-refractivity contribution in [1.82, 2.24) is 5.32 Å². The van der Waals surface area contributed by atoms with Gasteiger partial charge in [-0.3, -0.25) is 0 Å². The van der Waals surface area contributed by atoms with Crippen molar-refractivity contribution >= 4 is 15.9 Å². The molecule has 2 rings (SSSR count). The number of hydrogen-bond donors (Lipinski definition) is 1. The van der Waals surface area contributed by atoms with E-state index in [0.29, 0.717) is 6.04 Å². The van der Waals surface area contributed by atoms with Crippen LogP contribution in [-0.4, -0.2) is 6.54 Å². The van der Waals surface area contributed by atoms with Gasteiger partial charge in [0.2, 0.25) is 0 Å². The maximum Gasteiger partial charge on any atom is 0.0935 e. The summed E-state index contributed by atoms with van der Waals surface area (Å²) in [6.07, 6.45) is 5.64. The van der Waals surface area contributed by atoms with Gasteiger partial charge in [0.05, 0.1) is 12.5 Å². The van der Waals surface area contributed by atoms with Crippen molar-refractivity contribution in [3.63, 3.8) is 0 Å². The molecule has 0 aliphatic rings. The summed E-state index contributed by atoms with van der Waals surface area (Å²) in [5.74, 6) is 0. The minimum absolute atomic E-state index is 0.328. The highest BCUT2D eigenvalue weighted by Gasteiger charge is 2.13. The summed E-state index contributed by atoms with van der Waals surface area (Å²) in [7, 11) is 0. The molecule has 0 saturated heterocycles. The average molecular weight is 322 g/mol. The lowest BCUT2D eigenvalue weighted by Crippen LogP contribution is -2.24. The molecular weight excluding hydrogens is 302 g/mol. The molecule has 2 aromatic rings. The number of hydrogen-bond acceptors (Lipinski definition) is 2. The molecule has 0 amide bonds. The summed E-state index contributed by atoms with van der Waals surface area (Å²) < 4.78 is 6.30. The van der Waals surface area contributed by atoms with Gasteiger partial charge in [0.15, 0.2) is 0 Å². The van der Waals surface area contributed by atoms with Crippen molar-refractivity contribution < 1.29 is 4.42 Å². The number of nitrogens with one attached hydrogen (secondary N) is 1. The molecule has 1 unspecified atom stereocenters. The first-order chi connectivity index (χ1) is 9.19. The fraction of sp³-hybridized carbons (Fsp3) is 0.375. The highest BCUT2D eigenvalue weighted by Crippen LogP contribution is 2.24. The number of benzene rings is 1. The molecule has 1 atom stereocenters. The summed E-state index contributed by atoms with van der Waals surface area (Å²) in [6, 6.07) is 8.94. The first kappa shape index (κ1) is 14.4. The van der Waals surface area contributed by atoms with Crippen LogP contribution in [0.5, 0.6) is 0 Å². The molecule has 3 heteroatoms. The molecule has 0 saturated carbocycles. The summed E-state index contributed by atoms with van der Waals surface area (Å²) >= 11 is 3.58. The van der Waals surface area contributed by atoms with E-state index in [1.165, 1.54) is 16.7 Å². The van der Waals surface area contributed by atoms with Crippen LogP contribution in [0.1, 0.15) is 36.1 Å². The van der Waals surface area contributed by atoms with Crippen LogP contribution in [0.2, 0.25) is 0 Å². The van der Waals surface area contributed by atoms with E-state index in [0.717, 1.165) is 23.9 Å². The minimum atomic E-state index is 0.328. The molecule has 0 aliphatic heterocycles. The molecule has 1 N–H and O–H groups in total. The fourth-order valence-corrected chi connectivity index (χ4v) is 2.86. The molecule has 0 aliphatic carbocycles. The highest BCUT2D eigenvalue weighted by molar-refractivity contribution is 9.10. The largest absolute Gasteiger partial charge is 0.472 e. The van der Waals surface area contributed by atoms with Gasteiger partial charge in [-0.1, -0.05) is 28.9 Å². The van der Waals surface area contributed by atoms with Gasteiger partial charge >= 0.3 is 0 Å². The lowest BCUT2D eigenvalue weighted by Gasteiger charge is -2.19. The van der Waals surface area contributed by atoms with Crippen LogP contribution >= 0.6 is 15.9 Å². The first-order valence-corrected chi connectivity index (χ1v) is 7.50. The zero-order chi connectivity index (χ0) is 13.7. The van der Waals surface area contributed by atoms with Crippen molar-refractivity contribution in [3.05, 3.63) is 58.0 Å². The van der Waals surface area contributed by atoms with E-state index in [1.54, 1.807) is 6.26 Å². The van der Waals surface area contributed by atoms with Gasteiger partial charge in [-0.05, 0) is 61.2 Å². The predicted molar refractivity (Wildman–Crippen MR) is 82.3 cm³/mol. The normalized spacial score (nSPS) is 12.6. The minimum Gasteiger partial charge on any atom is -0.472 e. The summed E-state index contributed by atoms with van der Waals surface area (Å²) in [4.78, 5) is 0. The van der Waals surface area contributed by atoms with Crippen LogP contribution in [0.4, 0.5) is 0 Å². The third-order valence-corrected chi connectivity index (χ3v) is 3.59. The topological polar surface area (TPSA) is 25.2 Å². The van der Waals surface area contributed by atoms with Crippen molar-refractivity contribution in [1.29, 1.82) is 0 Å². The molecule has 1 heterocycles. The van der Waals surface area contributed by atoms with E-state index in [1.807, 2.05) is 12.3 Å². The monoisotopic (exact) mass is 321 g/mol. The molecule has 1 aromatic heterocycles. The van der Waals surface area contributed by atoms with Gasteiger partial charge in [-0.2, -0.15) is 0 Å². The molecule has 2 nitrogen and oxygen atoms in total. The van der Waals surface area contributed by atoms with Gasteiger partial charge in [-0.25, -0.2) is 0 Å². The maximum atomic E-state index is 5.17. The Hall–Kier alpha value is -1.06. The molecule has 0 spiro atoms. The third-order valence-electron chi connectivity index (χ3n) is 3.13. The average Bonchev–Trinajstić information content (AvgIpc) is 2.86. The van der Waals surface area contributed by atoms with Gasteiger partial charge < -0.3 is 9.73 Å². The van der Waals surface area contributed by atoms with Crippen molar-refractivity contribution in [2.24, 2.45) is 0 Å². The number of rotatable bonds is 6. The van der Waals surface area contributed by atoms with E-state index < -0.39 is 0 Å². The van der Waals surface area contributed by atoms with Crippen molar-refractivity contribution in [2.45, 2.75) is 32.7 Å². The van der Waals surface area contributed by atoms with Gasteiger partial charge in [0.25, 0.3) is 0 Å². The lowest BCUT2D eigenvalue weighted by molar-refractivity contribution is 0.520. The van der Waals surface area contributed by atoms with E-state index in [2.05, 4.69) is 53.3 Å². The second-order valence-corrected chi connectivity index (χ2v) is 5.82. The van der Waals surface area contributed by atoms with Crippen LogP contribution < -0.4 is 5.32 Å². The lowest BCUT2D eigenvalue weighted by atomic mass is 9.99. The van der Waals surface area contributed by atoms with Crippen molar-refractivity contribution in [3.8, 4) is 0 Å². The van der Waals surface area contributed by atoms with Crippen molar-refractivity contribution in [2.75, 3.05) is 6.54 Å². The number of furan rings is 1. The molecule has 0 bridgehead atoms. The van der Waals surface area contributed by atoms with Crippen LogP contribution in [0.25, 0.3) is 0 Å². The third kappa shape index (κ3) is 4.22. The Bertz CT molecular complexity index is 487. The SMILES string of the molecule is CCCNC(Cc1ccoc1)c1cc(C)cc(Br)c1. The first-order valence-electron chi connectivity index (χ1n) is 6.70. The summed E-state index contributed by atoms with van der Waals surface area (Å²) in [5, 5.41) is 3.62. The Morgan fingerprint density at radius 1 is 1.32 bits per heavy atom. The van der Waals surface area contributed by atoms with Crippen LogP contribution in [0, 0.1) is 6.92 Å². The van der Waals surface area contributed by atoms with E-state index in [9.17, 15) is 0 Å². The predicted octanol–water partition coefficient (Wildman–Crippen LogP) is 4.63. The Morgan fingerprint density at radius 3 is 2.79 bits per heavy atom. The molecule has 0 radical (unpaired) electrons. The number of aryl methyl sites for hydroxylation is 1. The Morgan fingerprint density at radius 2 is 2.16 bits per heavy atom. The Labute approximate surface area is 123 Å². The summed E-state index contributed by atoms with van der Waals surface area (Å²) in [5.41, 5.74) is 3.83. The van der Waals surface area contributed by atoms with E-state index >= 15 is 0 Å². The highest BCUT2D eigenvalue weighted by atomic mass is 79.9. The van der Waals surface area contributed by atoms with Gasteiger partial charge in [0, 0.05) is 10.5 Å². The van der Waals surface area contributed by atoms with Crippen LogP contribution in [-0.2, 0) is 6.42 Å². The summed E-state index contributed by atoms with van der Waals surface area (Å²) in [6.45, 7) is 5.34. The smallest absolute Gasteiger partial charge is 0.0935 e. The fourth-order valence-electron chi connectivity index (χ4n) is 2.24. The van der Waals surface area contributed by atoms with E-state index in [4.69, 9.17) is 4.42 Å².